The second-order valence-corrected chi connectivity index (χ2v) is 5.61. The summed E-state index contributed by atoms with van der Waals surface area (Å²) in [6.45, 7) is 0.664. The minimum absolute atomic E-state index is 0.664. The molecule has 1 fully saturated rings. The average molecular weight is 295 g/mol. The topological polar surface area (TPSA) is 38.9 Å². The largest absolute Gasteiger partial charge is 0.327 e. The minimum Gasteiger partial charge on any atom is -0.327 e. The Morgan fingerprint density at radius 2 is 2.12 bits per heavy atom. The molecule has 3 heteroatoms. The third kappa shape index (κ3) is 3.65. The monoisotopic (exact) mass is 294 g/mol. The Balaban J connectivity index is 2.16. The number of aromatic nitrogens is 1. The first-order valence-electron chi connectivity index (χ1n) is 6.30. The van der Waals surface area contributed by atoms with Crippen molar-refractivity contribution in [2.75, 3.05) is 6.54 Å². The van der Waals surface area contributed by atoms with E-state index < -0.39 is 0 Å². The summed E-state index contributed by atoms with van der Waals surface area (Å²) in [6.07, 6.45) is 12.6. The van der Waals surface area contributed by atoms with E-state index in [1.165, 1.54) is 37.7 Å². The molecule has 1 saturated carbocycles. The van der Waals surface area contributed by atoms with Crippen molar-refractivity contribution in [1.82, 2.24) is 4.98 Å². The fourth-order valence-electron chi connectivity index (χ4n) is 2.54. The van der Waals surface area contributed by atoms with Gasteiger partial charge in [0.15, 0.2) is 0 Å². The molecule has 1 heterocycles. The predicted molar refractivity (Wildman–Crippen MR) is 75.5 cm³/mol. The quantitative estimate of drug-likeness (QED) is 0.922. The maximum absolute atomic E-state index is 5.89. The van der Waals surface area contributed by atoms with Gasteiger partial charge < -0.3 is 5.73 Å². The van der Waals surface area contributed by atoms with E-state index in [2.05, 4.69) is 33.1 Å². The van der Waals surface area contributed by atoms with Crippen LogP contribution in [0.5, 0.6) is 0 Å². The summed E-state index contributed by atoms with van der Waals surface area (Å²) in [4.78, 5) is 4.18. The number of hydrogen-bond donors (Lipinski definition) is 1. The van der Waals surface area contributed by atoms with Gasteiger partial charge in [-0.1, -0.05) is 30.9 Å². The van der Waals surface area contributed by atoms with Crippen molar-refractivity contribution in [2.24, 2.45) is 11.7 Å². The molecule has 0 amide bonds. The van der Waals surface area contributed by atoms with E-state index in [9.17, 15) is 0 Å². The van der Waals surface area contributed by atoms with Crippen LogP contribution in [0.1, 0.15) is 37.7 Å². The lowest BCUT2D eigenvalue weighted by Crippen LogP contribution is -2.16. The molecule has 1 aromatic heterocycles. The summed E-state index contributed by atoms with van der Waals surface area (Å²) >= 11 is 3.45. The third-order valence-electron chi connectivity index (χ3n) is 3.44. The maximum atomic E-state index is 5.89. The number of hydrogen-bond acceptors (Lipinski definition) is 2. The van der Waals surface area contributed by atoms with Gasteiger partial charge in [0.2, 0.25) is 0 Å². The molecule has 17 heavy (non-hydrogen) atoms. The van der Waals surface area contributed by atoms with Gasteiger partial charge in [-0.15, -0.1) is 0 Å². The standard InChI is InChI=1S/C14H19BrN2/c15-14-7-11(9-17-10-14)6-13(8-16)12-4-2-1-3-5-12/h6-7,9-10,12H,1-5,8,16H2/b13-6-. The van der Waals surface area contributed by atoms with Crippen molar-refractivity contribution in [2.45, 2.75) is 32.1 Å². The Labute approximate surface area is 111 Å². The number of pyridine rings is 1. The van der Waals surface area contributed by atoms with Crippen molar-refractivity contribution >= 4 is 22.0 Å². The van der Waals surface area contributed by atoms with E-state index in [4.69, 9.17) is 5.73 Å². The molecule has 0 saturated heterocycles. The molecule has 1 aliphatic carbocycles. The lowest BCUT2D eigenvalue weighted by atomic mass is 9.83. The third-order valence-corrected chi connectivity index (χ3v) is 3.88. The molecule has 0 spiro atoms. The Hall–Kier alpha value is -0.670. The van der Waals surface area contributed by atoms with E-state index in [-0.39, 0.29) is 0 Å². The second kappa shape index (κ2) is 6.31. The van der Waals surface area contributed by atoms with Gasteiger partial charge in [0, 0.05) is 23.4 Å². The van der Waals surface area contributed by atoms with Gasteiger partial charge in [0.1, 0.15) is 0 Å². The van der Waals surface area contributed by atoms with Crippen molar-refractivity contribution in [3.63, 3.8) is 0 Å². The van der Waals surface area contributed by atoms with Gasteiger partial charge >= 0.3 is 0 Å². The Kier molecular flexibility index (Phi) is 4.75. The number of nitrogens with two attached hydrogens (primary N) is 1. The number of nitrogens with zero attached hydrogens (tertiary/aromatic N) is 1. The van der Waals surface area contributed by atoms with Crippen LogP contribution in [0.3, 0.4) is 0 Å². The molecule has 0 unspecified atom stereocenters. The van der Waals surface area contributed by atoms with E-state index in [0.717, 1.165) is 10.0 Å². The van der Waals surface area contributed by atoms with Gasteiger partial charge in [0.05, 0.1) is 0 Å². The molecular weight excluding hydrogens is 276 g/mol. The van der Waals surface area contributed by atoms with Gasteiger partial charge in [-0.25, -0.2) is 0 Å². The van der Waals surface area contributed by atoms with E-state index >= 15 is 0 Å². The van der Waals surface area contributed by atoms with E-state index in [1.54, 1.807) is 6.20 Å². The van der Waals surface area contributed by atoms with Crippen LogP contribution in [-0.2, 0) is 0 Å². The Morgan fingerprint density at radius 3 is 2.76 bits per heavy atom. The minimum atomic E-state index is 0.664. The summed E-state index contributed by atoms with van der Waals surface area (Å²) in [5.74, 6) is 0.688. The molecule has 0 radical (unpaired) electrons. The molecule has 0 bridgehead atoms. The van der Waals surface area contributed by atoms with Crippen molar-refractivity contribution < 1.29 is 0 Å². The molecule has 2 rings (SSSR count). The summed E-state index contributed by atoms with van der Waals surface area (Å²) in [6, 6.07) is 2.09. The molecular formula is C14H19BrN2. The highest BCUT2D eigenvalue weighted by atomic mass is 79.9. The number of halogens is 1. The summed E-state index contributed by atoms with van der Waals surface area (Å²) in [7, 11) is 0. The summed E-state index contributed by atoms with van der Waals surface area (Å²) in [5.41, 5.74) is 8.41. The number of rotatable bonds is 3. The van der Waals surface area contributed by atoms with Crippen LogP contribution in [0.15, 0.2) is 28.5 Å². The zero-order chi connectivity index (χ0) is 12.1. The van der Waals surface area contributed by atoms with Crippen LogP contribution in [-0.4, -0.2) is 11.5 Å². The fraction of sp³-hybridized carbons (Fsp3) is 0.500. The molecule has 0 atom stereocenters. The highest BCUT2D eigenvalue weighted by molar-refractivity contribution is 9.10. The molecule has 1 aromatic rings. The maximum Gasteiger partial charge on any atom is 0.0410 e. The molecule has 1 aliphatic rings. The SMILES string of the molecule is NC/C(=C/c1cncc(Br)c1)C1CCCCC1. The van der Waals surface area contributed by atoms with Gasteiger partial charge in [-0.2, -0.15) is 0 Å². The lowest BCUT2D eigenvalue weighted by molar-refractivity contribution is 0.401. The summed E-state index contributed by atoms with van der Waals surface area (Å²) in [5, 5.41) is 0. The van der Waals surface area contributed by atoms with Crippen LogP contribution in [0.4, 0.5) is 0 Å². The van der Waals surface area contributed by atoms with Crippen molar-refractivity contribution in [3.8, 4) is 0 Å². The fourth-order valence-corrected chi connectivity index (χ4v) is 2.92. The van der Waals surface area contributed by atoms with E-state index in [1.807, 2.05) is 6.20 Å². The van der Waals surface area contributed by atoms with Gasteiger partial charge in [-0.05, 0) is 46.3 Å². The van der Waals surface area contributed by atoms with Crippen LogP contribution < -0.4 is 5.73 Å². The highest BCUT2D eigenvalue weighted by Crippen LogP contribution is 2.30. The molecule has 2 N–H and O–H groups in total. The van der Waals surface area contributed by atoms with Crippen LogP contribution in [0, 0.1) is 5.92 Å². The predicted octanol–water partition coefficient (Wildman–Crippen LogP) is 3.77. The molecule has 0 aliphatic heterocycles. The van der Waals surface area contributed by atoms with Crippen LogP contribution in [0.2, 0.25) is 0 Å². The summed E-state index contributed by atoms with van der Waals surface area (Å²) < 4.78 is 1.02. The molecule has 2 nitrogen and oxygen atoms in total. The lowest BCUT2D eigenvalue weighted by Gasteiger charge is -2.23. The van der Waals surface area contributed by atoms with Crippen molar-refractivity contribution in [3.05, 3.63) is 34.1 Å². The first kappa shape index (κ1) is 12.8. The van der Waals surface area contributed by atoms with E-state index in [0.29, 0.717) is 12.5 Å². The Morgan fingerprint density at radius 1 is 1.35 bits per heavy atom. The zero-order valence-electron chi connectivity index (χ0n) is 10.0. The Bertz CT molecular complexity index is 395. The second-order valence-electron chi connectivity index (χ2n) is 4.69. The first-order valence-corrected chi connectivity index (χ1v) is 7.10. The van der Waals surface area contributed by atoms with Crippen LogP contribution >= 0.6 is 15.9 Å². The van der Waals surface area contributed by atoms with Crippen LogP contribution in [0.25, 0.3) is 6.08 Å². The zero-order valence-corrected chi connectivity index (χ0v) is 11.6. The average Bonchev–Trinajstić information content (AvgIpc) is 2.37. The first-order chi connectivity index (χ1) is 8.29. The van der Waals surface area contributed by atoms with Crippen molar-refractivity contribution in [1.29, 1.82) is 0 Å². The smallest absolute Gasteiger partial charge is 0.0410 e. The highest BCUT2D eigenvalue weighted by Gasteiger charge is 2.16. The molecule has 0 aromatic carbocycles. The normalized spacial score (nSPS) is 18.4. The molecule has 92 valence electrons. The van der Waals surface area contributed by atoms with Gasteiger partial charge in [-0.3, -0.25) is 4.98 Å². The van der Waals surface area contributed by atoms with Gasteiger partial charge in [0.25, 0.3) is 0 Å².